The molecule has 31 heavy (non-hydrogen) atoms. The van der Waals surface area contributed by atoms with Crippen molar-refractivity contribution in [3.05, 3.63) is 64.8 Å². The highest BCUT2D eigenvalue weighted by molar-refractivity contribution is 7.19. The van der Waals surface area contributed by atoms with Crippen molar-refractivity contribution < 1.29 is 9.53 Å². The summed E-state index contributed by atoms with van der Waals surface area (Å²) in [6.07, 6.45) is 2.22. The number of benzene rings is 2. The molecular formula is C22H20ClN5O2S. The van der Waals surface area contributed by atoms with Crippen LogP contribution < -0.4 is 16.4 Å². The summed E-state index contributed by atoms with van der Waals surface area (Å²) in [4.78, 5) is 22.8. The number of ether oxygens (including phenoxy) is 1. The Morgan fingerprint density at radius 3 is 2.65 bits per heavy atom. The van der Waals surface area contributed by atoms with Crippen LogP contribution in [0.15, 0.2) is 54.9 Å². The van der Waals surface area contributed by atoms with Gasteiger partial charge in [-0.1, -0.05) is 29.8 Å². The number of anilines is 3. The van der Waals surface area contributed by atoms with Crippen LogP contribution in [-0.4, -0.2) is 29.7 Å². The van der Waals surface area contributed by atoms with Crippen molar-refractivity contribution in [1.82, 2.24) is 9.97 Å². The van der Waals surface area contributed by atoms with Crippen molar-refractivity contribution in [3.8, 4) is 11.1 Å². The lowest BCUT2D eigenvalue weighted by Gasteiger charge is -2.10. The van der Waals surface area contributed by atoms with E-state index in [1.807, 2.05) is 24.3 Å². The normalized spacial score (nSPS) is 10.9. The number of nitrogens with one attached hydrogen (secondary N) is 2. The predicted octanol–water partition coefficient (Wildman–Crippen LogP) is 5.43. The third kappa shape index (κ3) is 4.77. The molecule has 0 aliphatic carbocycles. The molecule has 0 fully saturated rings. The number of methoxy groups -OCH3 is 1. The molecule has 4 rings (SSSR count). The van der Waals surface area contributed by atoms with Gasteiger partial charge in [0.25, 0.3) is 0 Å². The van der Waals surface area contributed by atoms with E-state index in [9.17, 15) is 4.79 Å². The molecule has 2 amide bonds. The molecule has 2 aromatic heterocycles. The van der Waals surface area contributed by atoms with Gasteiger partial charge in [0.05, 0.1) is 12.0 Å². The van der Waals surface area contributed by atoms with Gasteiger partial charge < -0.3 is 21.1 Å². The molecule has 7 nitrogen and oxygen atoms in total. The first-order chi connectivity index (χ1) is 15.0. The first kappa shape index (κ1) is 21.0. The highest BCUT2D eigenvalue weighted by Gasteiger charge is 2.18. The Bertz CT molecular complexity index is 1230. The van der Waals surface area contributed by atoms with Crippen LogP contribution in [0.1, 0.15) is 4.88 Å². The highest BCUT2D eigenvalue weighted by atomic mass is 35.5. The molecule has 0 unspecified atom stereocenters. The van der Waals surface area contributed by atoms with Crippen LogP contribution in [0.25, 0.3) is 21.3 Å². The summed E-state index contributed by atoms with van der Waals surface area (Å²) in [6.45, 7) is 0.594. The molecular weight excluding hydrogens is 434 g/mol. The zero-order chi connectivity index (χ0) is 21.8. The van der Waals surface area contributed by atoms with Crippen molar-refractivity contribution in [1.29, 1.82) is 0 Å². The number of halogens is 1. The SMILES string of the molecule is COCCc1sc2ncnc(N)c2c1-c1ccc(NC(=O)Nc2cccc(Cl)c2)cc1. The maximum absolute atomic E-state index is 12.3. The number of thiophene rings is 1. The molecule has 158 valence electrons. The average molecular weight is 454 g/mol. The molecule has 2 heterocycles. The minimum atomic E-state index is -0.352. The fourth-order valence-electron chi connectivity index (χ4n) is 3.26. The van der Waals surface area contributed by atoms with Crippen LogP contribution in [0.5, 0.6) is 0 Å². The molecule has 0 spiro atoms. The average Bonchev–Trinajstić information content (AvgIpc) is 3.12. The summed E-state index contributed by atoms with van der Waals surface area (Å²) in [5, 5.41) is 6.98. The Labute approximate surface area is 188 Å². The van der Waals surface area contributed by atoms with Crippen molar-refractivity contribution in [2.24, 2.45) is 0 Å². The Hall–Kier alpha value is -3.20. The van der Waals surface area contributed by atoms with Gasteiger partial charge in [0.15, 0.2) is 0 Å². The van der Waals surface area contributed by atoms with Crippen molar-refractivity contribution in [2.75, 3.05) is 30.1 Å². The van der Waals surface area contributed by atoms with E-state index in [0.717, 1.165) is 32.6 Å². The number of amides is 2. The van der Waals surface area contributed by atoms with E-state index in [-0.39, 0.29) is 6.03 Å². The molecule has 0 saturated carbocycles. The van der Waals surface area contributed by atoms with E-state index < -0.39 is 0 Å². The van der Waals surface area contributed by atoms with Gasteiger partial charge in [-0.05, 0) is 35.9 Å². The van der Waals surface area contributed by atoms with Crippen LogP contribution >= 0.6 is 22.9 Å². The molecule has 0 bridgehead atoms. The van der Waals surface area contributed by atoms with Crippen molar-refractivity contribution in [2.45, 2.75) is 6.42 Å². The maximum atomic E-state index is 12.3. The molecule has 0 aliphatic heterocycles. The second kappa shape index (κ2) is 9.30. The first-order valence-corrected chi connectivity index (χ1v) is 10.7. The Morgan fingerprint density at radius 1 is 1.13 bits per heavy atom. The monoisotopic (exact) mass is 453 g/mol. The number of nitrogens with zero attached hydrogens (tertiary/aromatic N) is 2. The largest absolute Gasteiger partial charge is 0.384 e. The van der Waals surface area contributed by atoms with Crippen LogP contribution in [0.4, 0.5) is 22.0 Å². The molecule has 4 N–H and O–H groups in total. The standard InChI is InChI=1S/C22H20ClN5O2S/c1-30-10-9-17-18(19-20(24)25-12-26-21(19)31-17)13-5-7-15(8-6-13)27-22(29)28-16-4-2-3-14(23)11-16/h2-8,11-12H,9-10H2,1H3,(H2,24,25,26)(H2,27,28,29). The number of hydrogen-bond acceptors (Lipinski definition) is 6. The van der Waals surface area contributed by atoms with Gasteiger partial charge in [0, 0.05) is 40.4 Å². The fourth-order valence-corrected chi connectivity index (χ4v) is 4.60. The number of nitrogens with two attached hydrogens (primary N) is 1. The summed E-state index contributed by atoms with van der Waals surface area (Å²) in [5.41, 5.74) is 9.42. The van der Waals surface area contributed by atoms with Gasteiger partial charge in [-0.15, -0.1) is 11.3 Å². The van der Waals surface area contributed by atoms with Gasteiger partial charge >= 0.3 is 6.03 Å². The van der Waals surface area contributed by atoms with Gasteiger partial charge in [0.1, 0.15) is 17.0 Å². The van der Waals surface area contributed by atoms with E-state index in [0.29, 0.717) is 28.8 Å². The lowest BCUT2D eigenvalue weighted by molar-refractivity contribution is 0.203. The number of urea groups is 1. The minimum absolute atomic E-state index is 0.352. The van der Waals surface area contributed by atoms with Crippen molar-refractivity contribution in [3.63, 3.8) is 0 Å². The Morgan fingerprint density at radius 2 is 1.90 bits per heavy atom. The second-order valence-corrected chi connectivity index (χ2v) is 8.27. The van der Waals surface area contributed by atoms with Gasteiger partial charge in [-0.2, -0.15) is 0 Å². The minimum Gasteiger partial charge on any atom is -0.384 e. The lowest BCUT2D eigenvalue weighted by Crippen LogP contribution is -2.19. The third-order valence-corrected chi connectivity index (χ3v) is 6.03. The summed E-state index contributed by atoms with van der Waals surface area (Å²) in [7, 11) is 1.68. The molecule has 9 heteroatoms. The molecule has 0 atom stereocenters. The maximum Gasteiger partial charge on any atom is 0.323 e. The van der Waals surface area contributed by atoms with Crippen LogP contribution in [0, 0.1) is 0 Å². The summed E-state index contributed by atoms with van der Waals surface area (Å²) in [6, 6.07) is 14.2. The smallest absolute Gasteiger partial charge is 0.323 e. The third-order valence-electron chi connectivity index (χ3n) is 4.64. The molecule has 4 aromatic rings. The predicted molar refractivity (Wildman–Crippen MR) is 127 cm³/mol. The molecule has 2 aromatic carbocycles. The van der Waals surface area contributed by atoms with Crippen LogP contribution in [-0.2, 0) is 11.2 Å². The Kier molecular flexibility index (Phi) is 6.31. The number of hydrogen-bond donors (Lipinski definition) is 3. The van der Waals surface area contributed by atoms with Gasteiger partial charge in [-0.3, -0.25) is 0 Å². The van der Waals surface area contributed by atoms with Gasteiger partial charge in [0.2, 0.25) is 0 Å². The van der Waals surface area contributed by atoms with Crippen molar-refractivity contribution >= 4 is 56.4 Å². The quantitative estimate of drug-likeness (QED) is 0.361. The lowest BCUT2D eigenvalue weighted by atomic mass is 10.0. The summed E-state index contributed by atoms with van der Waals surface area (Å²) >= 11 is 7.54. The Balaban J connectivity index is 1.58. The second-order valence-electron chi connectivity index (χ2n) is 6.75. The number of carbonyl (C=O) groups excluding carboxylic acids is 1. The van der Waals surface area contributed by atoms with Crippen LogP contribution in [0.3, 0.4) is 0 Å². The number of nitrogen functional groups attached to an aromatic ring is 1. The fraction of sp³-hybridized carbons (Fsp3) is 0.136. The molecule has 0 saturated heterocycles. The van der Waals surface area contributed by atoms with Gasteiger partial charge in [-0.25, -0.2) is 14.8 Å². The van der Waals surface area contributed by atoms with E-state index >= 15 is 0 Å². The number of carbonyl (C=O) groups is 1. The zero-order valence-electron chi connectivity index (χ0n) is 16.7. The van der Waals surface area contributed by atoms with E-state index in [4.69, 9.17) is 22.1 Å². The number of fused-ring (bicyclic) bond motifs is 1. The summed E-state index contributed by atoms with van der Waals surface area (Å²) < 4.78 is 5.26. The molecule has 0 radical (unpaired) electrons. The highest BCUT2D eigenvalue weighted by Crippen LogP contribution is 2.40. The number of rotatable bonds is 6. The van der Waals surface area contributed by atoms with Crippen LogP contribution in [0.2, 0.25) is 5.02 Å². The van der Waals surface area contributed by atoms with E-state index in [1.165, 1.54) is 6.33 Å². The van der Waals surface area contributed by atoms with E-state index in [2.05, 4.69) is 20.6 Å². The molecule has 0 aliphatic rings. The summed E-state index contributed by atoms with van der Waals surface area (Å²) in [5.74, 6) is 0.447. The zero-order valence-corrected chi connectivity index (χ0v) is 18.3. The topological polar surface area (TPSA) is 102 Å². The van der Waals surface area contributed by atoms with E-state index in [1.54, 1.807) is 42.7 Å². The first-order valence-electron chi connectivity index (χ1n) is 9.50. The number of aromatic nitrogens is 2.